The highest BCUT2D eigenvalue weighted by atomic mass is 16.5. The van der Waals surface area contributed by atoms with Crippen molar-refractivity contribution in [3.05, 3.63) is 29.8 Å². The molecule has 0 aliphatic heterocycles. The number of hydrogen-bond donors (Lipinski definition) is 1. The Balaban J connectivity index is 2.24. The molecule has 1 atom stereocenters. The first-order valence-corrected chi connectivity index (χ1v) is 8.04. The first-order chi connectivity index (χ1) is 11.0. The van der Waals surface area contributed by atoms with E-state index in [4.69, 9.17) is 14.2 Å². The summed E-state index contributed by atoms with van der Waals surface area (Å²) < 4.78 is 16.5. The van der Waals surface area contributed by atoms with Crippen LogP contribution in [0, 0.1) is 0 Å². The van der Waals surface area contributed by atoms with Crippen molar-refractivity contribution in [3.63, 3.8) is 0 Å². The van der Waals surface area contributed by atoms with Gasteiger partial charge in [-0.3, -0.25) is 4.99 Å². The van der Waals surface area contributed by atoms with Crippen molar-refractivity contribution >= 4 is 5.71 Å². The van der Waals surface area contributed by atoms with Gasteiger partial charge in [0, 0.05) is 5.71 Å². The first kappa shape index (κ1) is 19.6. The molecular weight excluding hydrogens is 294 g/mol. The monoisotopic (exact) mass is 323 g/mol. The smallest absolute Gasteiger partial charge is 0.119 e. The van der Waals surface area contributed by atoms with Gasteiger partial charge >= 0.3 is 0 Å². The molecule has 1 unspecified atom stereocenters. The van der Waals surface area contributed by atoms with Crippen molar-refractivity contribution in [3.8, 4) is 5.75 Å². The van der Waals surface area contributed by atoms with Crippen molar-refractivity contribution in [2.24, 2.45) is 4.99 Å². The van der Waals surface area contributed by atoms with Crippen LogP contribution in [0.25, 0.3) is 0 Å². The lowest BCUT2D eigenvalue weighted by atomic mass is 10.2. The molecule has 0 aliphatic rings. The van der Waals surface area contributed by atoms with E-state index < -0.39 is 6.10 Å². The summed E-state index contributed by atoms with van der Waals surface area (Å²) >= 11 is 0. The lowest BCUT2D eigenvalue weighted by Gasteiger charge is -2.11. The largest absolute Gasteiger partial charge is 0.491 e. The number of hydrogen-bond acceptors (Lipinski definition) is 5. The van der Waals surface area contributed by atoms with Gasteiger partial charge < -0.3 is 19.3 Å². The second-order valence-corrected chi connectivity index (χ2v) is 5.87. The third-order valence-corrected chi connectivity index (χ3v) is 2.93. The summed E-state index contributed by atoms with van der Waals surface area (Å²) in [5.41, 5.74) is 2.03. The number of ether oxygens (including phenoxy) is 3. The van der Waals surface area contributed by atoms with Crippen molar-refractivity contribution < 1.29 is 19.3 Å². The number of nitrogens with zero attached hydrogens (tertiary/aromatic N) is 1. The van der Waals surface area contributed by atoms with Gasteiger partial charge in [-0.15, -0.1) is 0 Å². The minimum atomic E-state index is -0.589. The lowest BCUT2D eigenvalue weighted by Crippen LogP contribution is -2.21. The van der Waals surface area contributed by atoms with E-state index >= 15 is 0 Å². The molecular formula is C18H29NO4. The van der Waals surface area contributed by atoms with Crippen molar-refractivity contribution in [2.75, 3.05) is 26.4 Å². The molecule has 0 bridgehead atoms. The van der Waals surface area contributed by atoms with E-state index in [9.17, 15) is 5.11 Å². The van der Waals surface area contributed by atoms with E-state index in [-0.39, 0.29) is 12.7 Å². The van der Waals surface area contributed by atoms with Crippen molar-refractivity contribution in [2.45, 2.75) is 46.5 Å². The number of rotatable bonds is 11. The fourth-order valence-corrected chi connectivity index (χ4v) is 1.75. The molecule has 0 amide bonds. The Morgan fingerprint density at radius 1 is 1.13 bits per heavy atom. The predicted molar refractivity (Wildman–Crippen MR) is 92.3 cm³/mol. The Morgan fingerprint density at radius 2 is 1.83 bits per heavy atom. The van der Waals surface area contributed by atoms with Gasteiger partial charge in [-0.25, -0.2) is 0 Å². The van der Waals surface area contributed by atoms with E-state index in [1.165, 1.54) is 0 Å². The van der Waals surface area contributed by atoms with Gasteiger partial charge in [0.1, 0.15) is 18.5 Å². The molecule has 23 heavy (non-hydrogen) atoms. The number of benzene rings is 1. The Kier molecular flexibility index (Phi) is 9.52. The predicted octanol–water partition coefficient (Wildman–Crippen LogP) is 2.85. The Bertz CT molecular complexity index is 453. The van der Waals surface area contributed by atoms with Gasteiger partial charge in [-0.05, 0) is 45.4 Å². The second kappa shape index (κ2) is 11.2. The van der Waals surface area contributed by atoms with E-state index in [1.54, 1.807) is 0 Å². The van der Waals surface area contributed by atoms with Gasteiger partial charge in [0.05, 0.1) is 32.5 Å². The molecule has 0 aliphatic carbocycles. The molecule has 0 heterocycles. The molecule has 0 saturated heterocycles. The van der Waals surface area contributed by atoms with Crippen LogP contribution in [0.5, 0.6) is 5.75 Å². The molecule has 1 rings (SSSR count). The van der Waals surface area contributed by atoms with Gasteiger partial charge in [0.25, 0.3) is 0 Å². The van der Waals surface area contributed by atoms with Crippen LogP contribution in [0.2, 0.25) is 0 Å². The van der Waals surface area contributed by atoms with Crippen molar-refractivity contribution in [1.82, 2.24) is 0 Å². The summed E-state index contributed by atoms with van der Waals surface area (Å²) in [7, 11) is 0. The summed E-state index contributed by atoms with van der Waals surface area (Å²) in [6, 6.07) is 7.67. The number of aliphatic imine (C=N–C) groups is 1. The molecule has 5 nitrogen and oxygen atoms in total. The molecule has 1 N–H and O–H groups in total. The normalized spacial score (nSPS) is 12.3. The molecule has 130 valence electrons. The highest BCUT2D eigenvalue weighted by Gasteiger charge is 2.04. The number of aliphatic hydroxyl groups is 1. The number of aliphatic hydroxyl groups excluding tert-OH is 1. The van der Waals surface area contributed by atoms with Crippen LogP contribution in [-0.2, 0) is 16.1 Å². The van der Waals surface area contributed by atoms with E-state index in [1.807, 2.05) is 52.0 Å². The summed E-state index contributed by atoms with van der Waals surface area (Å²) in [6.07, 6.45) is -0.355. The molecule has 1 aromatic rings. The van der Waals surface area contributed by atoms with Gasteiger partial charge in [0.15, 0.2) is 0 Å². The molecule has 0 aromatic heterocycles. The Morgan fingerprint density at radius 3 is 2.43 bits per heavy atom. The molecule has 5 heteroatoms. The van der Waals surface area contributed by atoms with E-state index in [0.717, 1.165) is 17.0 Å². The third-order valence-electron chi connectivity index (χ3n) is 2.93. The summed E-state index contributed by atoms with van der Waals surface area (Å²) in [5.74, 6) is 0.730. The van der Waals surface area contributed by atoms with Crippen LogP contribution >= 0.6 is 0 Å². The average Bonchev–Trinajstić information content (AvgIpc) is 2.51. The topological polar surface area (TPSA) is 60.3 Å². The fraction of sp³-hybridized carbons (Fsp3) is 0.611. The molecule has 0 saturated carbocycles. The van der Waals surface area contributed by atoms with Crippen LogP contribution in [0.15, 0.2) is 29.3 Å². The maximum atomic E-state index is 9.76. The van der Waals surface area contributed by atoms with Gasteiger partial charge in [-0.2, -0.15) is 0 Å². The zero-order valence-corrected chi connectivity index (χ0v) is 14.6. The standard InChI is InChI=1S/C18H29NO4/c1-14(2)19-11-17(20)13-23-18-7-5-16(6-8-18)12-21-9-10-22-15(3)4/h5-8,15,17,20H,9-13H2,1-4H3. The van der Waals surface area contributed by atoms with E-state index in [2.05, 4.69) is 4.99 Å². The quantitative estimate of drug-likeness (QED) is 0.502. The zero-order valence-electron chi connectivity index (χ0n) is 14.6. The van der Waals surface area contributed by atoms with E-state index in [0.29, 0.717) is 26.4 Å². The molecule has 1 aromatic carbocycles. The maximum Gasteiger partial charge on any atom is 0.119 e. The molecule has 0 fully saturated rings. The first-order valence-electron chi connectivity index (χ1n) is 8.04. The van der Waals surface area contributed by atoms with Gasteiger partial charge in [0.2, 0.25) is 0 Å². The van der Waals surface area contributed by atoms with Gasteiger partial charge in [-0.1, -0.05) is 12.1 Å². The fourth-order valence-electron chi connectivity index (χ4n) is 1.75. The Hall–Kier alpha value is -1.43. The summed E-state index contributed by atoms with van der Waals surface area (Å²) in [4.78, 5) is 4.17. The highest BCUT2D eigenvalue weighted by molar-refractivity contribution is 5.79. The SMILES string of the molecule is CC(C)=NCC(O)COc1ccc(COCCOC(C)C)cc1. The van der Waals surface area contributed by atoms with Crippen LogP contribution in [0.4, 0.5) is 0 Å². The van der Waals surface area contributed by atoms with Crippen LogP contribution in [0.1, 0.15) is 33.3 Å². The minimum Gasteiger partial charge on any atom is -0.491 e. The third kappa shape index (κ3) is 10.0. The molecule has 0 spiro atoms. The van der Waals surface area contributed by atoms with Crippen molar-refractivity contribution in [1.29, 1.82) is 0 Å². The molecule has 0 radical (unpaired) electrons. The van der Waals surface area contributed by atoms with Crippen LogP contribution < -0.4 is 4.74 Å². The minimum absolute atomic E-state index is 0.234. The summed E-state index contributed by atoms with van der Waals surface area (Å²) in [5, 5.41) is 9.76. The van der Waals surface area contributed by atoms with Crippen LogP contribution in [-0.4, -0.2) is 49.4 Å². The average molecular weight is 323 g/mol. The summed E-state index contributed by atoms with van der Waals surface area (Å²) in [6.45, 7) is 10.2. The second-order valence-electron chi connectivity index (χ2n) is 5.87. The zero-order chi connectivity index (χ0) is 17.1. The lowest BCUT2D eigenvalue weighted by molar-refractivity contribution is 0.0143. The van der Waals surface area contributed by atoms with Crippen LogP contribution in [0.3, 0.4) is 0 Å². The Labute approximate surface area is 139 Å². The maximum absolute atomic E-state index is 9.76. The highest BCUT2D eigenvalue weighted by Crippen LogP contribution is 2.13.